The lowest BCUT2D eigenvalue weighted by molar-refractivity contribution is -0.137. The molecule has 1 atom stereocenters. The number of rotatable bonds is 8. The summed E-state index contributed by atoms with van der Waals surface area (Å²) in [5.41, 5.74) is 3.19. The first-order chi connectivity index (χ1) is 20.6. The van der Waals surface area contributed by atoms with Crippen LogP contribution in [0.25, 0.3) is 5.57 Å². The summed E-state index contributed by atoms with van der Waals surface area (Å²) >= 11 is 0. The third kappa shape index (κ3) is 6.80. The highest BCUT2D eigenvalue weighted by Crippen LogP contribution is 2.34. The van der Waals surface area contributed by atoms with Gasteiger partial charge in [0.2, 0.25) is 11.9 Å². The van der Waals surface area contributed by atoms with Gasteiger partial charge in [-0.05, 0) is 112 Å². The van der Waals surface area contributed by atoms with Crippen LogP contribution in [0.2, 0.25) is 0 Å². The molecule has 1 unspecified atom stereocenters. The summed E-state index contributed by atoms with van der Waals surface area (Å²) in [6, 6.07) is 6.00. The van der Waals surface area contributed by atoms with E-state index in [4.69, 9.17) is 4.74 Å². The Morgan fingerprint density at radius 2 is 1.71 bits per heavy atom. The van der Waals surface area contributed by atoms with Gasteiger partial charge >= 0.3 is 0 Å². The molecule has 0 saturated carbocycles. The van der Waals surface area contributed by atoms with Gasteiger partial charge in [-0.3, -0.25) is 4.79 Å². The molecule has 4 heterocycles. The SMILES string of the molecule is CCc1cnc(N2CCC(COc3ccc(C4=CCC(C(=O)N5CCC(N6CCCC6)CC5)CC4)cc3F)CC2)nc1. The van der Waals surface area contributed by atoms with Crippen molar-refractivity contribution in [2.75, 3.05) is 50.8 Å². The number of likely N-dealkylation sites (tertiary alicyclic amines) is 2. The molecule has 0 radical (unpaired) electrons. The maximum atomic E-state index is 15.1. The van der Waals surface area contributed by atoms with Gasteiger partial charge < -0.3 is 19.4 Å². The zero-order valence-corrected chi connectivity index (χ0v) is 25.1. The maximum Gasteiger partial charge on any atom is 0.226 e. The second-order valence-electron chi connectivity index (χ2n) is 12.6. The van der Waals surface area contributed by atoms with Crippen molar-refractivity contribution >= 4 is 17.4 Å². The molecular weight excluding hydrogens is 529 g/mol. The van der Waals surface area contributed by atoms with Crippen molar-refractivity contribution in [3.05, 3.63) is 53.6 Å². The number of aryl methyl sites for hydroxylation is 1. The number of piperidine rings is 2. The zero-order valence-electron chi connectivity index (χ0n) is 25.1. The zero-order chi connectivity index (χ0) is 28.9. The summed E-state index contributed by atoms with van der Waals surface area (Å²) in [6.07, 6.45) is 16.1. The van der Waals surface area contributed by atoms with Crippen molar-refractivity contribution in [3.63, 3.8) is 0 Å². The van der Waals surface area contributed by atoms with Crippen molar-refractivity contribution in [1.82, 2.24) is 19.8 Å². The van der Waals surface area contributed by atoms with Crippen LogP contribution in [0.1, 0.15) is 75.8 Å². The molecule has 6 rings (SSSR count). The Morgan fingerprint density at radius 3 is 2.36 bits per heavy atom. The van der Waals surface area contributed by atoms with Crippen molar-refractivity contribution < 1.29 is 13.9 Å². The second-order valence-corrected chi connectivity index (χ2v) is 12.6. The molecule has 0 N–H and O–H groups in total. The van der Waals surface area contributed by atoms with E-state index in [1.54, 1.807) is 12.1 Å². The Hall–Kier alpha value is -3.00. The number of halogens is 1. The Kier molecular flexibility index (Phi) is 9.37. The quantitative estimate of drug-likeness (QED) is 0.400. The van der Waals surface area contributed by atoms with Gasteiger partial charge in [-0.15, -0.1) is 0 Å². The molecule has 8 heteroatoms. The molecule has 2 aromatic rings. The minimum atomic E-state index is -0.311. The molecule has 1 aromatic heterocycles. The lowest BCUT2D eigenvalue weighted by atomic mass is 9.85. The number of ether oxygens (including phenoxy) is 1. The van der Waals surface area contributed by atoms with Crippen LogP contribution in [0, 0.1) is 17.7 Å². The lowest BCUT2D eigenvalue weighted by Crippen LogP contribution is -2.47. The number of amides is 1. The van der Waals surface area contributed by atoms with Gasteiger partial charge in [-0.2, -0.15) is 0 Å². The molecule has 1 aromatic carbocycles. The summed E-state index contributed by atoms with van der Waals surface area (Å²) in [5.74, 6) is 1.55. The summed E-state index contributed by atoms with van der Waals surface area (Å²) in [4.78, 5) is 29.2. The first-order valence-electron chi connectivity index (χ1n) is 16.3. The molecule has 7 nitrogen and oxygen atoms in total. The van der Waals surface area contributed by atoms with Gasteiger partial charge in [0.15, 0.2) is 11.6 Å². The minimum Gasteiger partial charge on any atom is -0.490 e. The Morgan fingerprint density at radius 1 is 0.976 bits per heavy atom. The predicted molar refractivity (Wildman–Crippen MR) is 164 cm³/mol. The van der Waals surface area contributed by atoms with Gasteiger partial charge in [-0.1, -0.05) is 19.1 Å². The van der Waals surface area contributed by atoms with E-state index < -0.39 is 0 Å². The van der Waals surface area contributed by atoms with Crippen LogP contribution in [0.5, 0.6) is 5.75 Å². The largest absolute Gasteiger partial charge is 0.490 e. The maximum absolute atomic E-state index is 15.1. The molecule has 1 amide bonds. The molecule has 1 aliphatic carbocycles. The highest BCUT2D eigenvalue weighted by molar-refractivity contribution is 5.81. The van der Waals surface area contributed by atoms with Crippen LogP contribution in [-0.2, 0) is 11.2 Å². The third-order valence-corrected chi connectivity index (χ3v) is 9.97. The van der Waals surface area contributed by atoms with Crippen molar-refractivity contribution in [2.45, 2.75) is 77.2 Å². The summed E-state index contributed by atoms with van der Waals surface area (Å²) in [6.45, 7) is 8.62. The Bertz CT molecular complexity index is 1230. The normalized spacial score (nSPS) is 22.8. The molecule has 3 aliphatic heterocycles. The third-order valence-electron chi connectivity index (χ3n) is 9.97. The molecule has 3 saturated heterocycles. The summed E-state index contributed by atoms with van der Waals surface area (Å²) < 4.78 is 21.0. The summed E-state index contributed by atoms with van der Waals surface area (Å²) in [7, 11) is 0. The average Bonchev–Trinajstić information content (AvgIpc) is 3.60. The fourth-order valence-corrected chi connectivity index (χ4v) is 7.16. The van der Waals surface area contributed by atoms with E-state index in [0.717, 1.165) is 100 Å². The highest BCUT2D eigenvalue weighted by Gasteiger charge is 2.32. The number of carbonyl (C=O) groups is 1. The molecule has 4 aliphatic rings. The molecule has 42 heavy (non-hydrogen) atoms. The van der Waals surface area contributed by atoms with Crippen LogP contribution in [0.15, 0.2) is 36.7 Å². The van der Waals surface area contributed by atoms with E-state index in [0.29, 0.717) is 30.2 Å². The van der Waals surface area contributed by atoms with Crippen LogP contribution < -0.4 is 9.64 Å². The van der Waals surface area contributed by atoms with E-state index in [1.165, 1.54) is 25.9 Å². The minimum absolute atomic E-state index is 0.0539. The first-order valence-corrected chi connectivity index (χ1v) is 16.3. The van der Waals surface area contributed by atoms with Crippen molar-refractivity contribution in [3.8, 4) is 5.75 Å². The number of anilines is 1. The van der Waals surface area contributed by atoms with Gasteiger partial charge in [0.05, 0.1) is 6.61 Å². The Labute approximate surface area is 250 Å². The van der Waals surface area contributed by atoms with Crippen LogP contribution in [0.4, 0.5) is 10.3 Å². The number of benzene rings is 1. The number of nitrogens with zero attached hydrogens (tertiary/aromatic N) is 5. The highest BCUT2D eigenvalue weighted by atomic mass is 19.1. The van der Waals surface area contributed by atoms with Crippen LogP contribution >= 0.6 is 0 Å². The van der Waals surface area contributed by atoms with E-state index in [2.05, 4.69) is 37.7 Å². The fourth-order valence-electron chi connectivity index (χ4n) is 7.16. The number of carbonyl (C=O) groups excluding carboxylic acids is 1. The molecule has 226 valence electrons. The Balaban J connectivity index is 0.951. The number of hydrogen-bond donors (Lipinski definition) is 0. The predicted octanol–water partition coefficient (Wildman–Crippen LogP) is 5.74. The van der Waals surface area contributed by atoms with Crippen LogP contribution in [-0.4, -0.2) is 77.6 Å². The molecule has 0 bridgehead atoms. The monoisotopic (exact) mass is 575 g/mol. The van der Waals surface area contributed by atoms with E-state index in [9.17, 15) is 4.79 Å². The smallest absolute Gasteiger partial charge is 0.226 e. The topological polar surface area (TPSA) is 61.8 Å². The van der Waals surface area contributed by atoms with Gasteiger partial charge in [0.1, 0.15) is 0 Å². The molecule has 0 spiro atoms. The number of hydrogen-bond acceptors (Lipinski definition) is 6. The van der Waals surface area contributed by atoms with Crippen LogP contribution in [0.3, 0.4) is 0 Å². The van der Waals surface area contributed by atoms with Gasteiger partial charge in [-0.25, -0.2) is 14.4 Å². The lowest BCUT2D eigenvalue weighted by Gasteiger charge is -2.38. The van der Waals surface area contributed by atoms with Crippen molar-refractivity contribution in [1.29, 1.82) is 0 Å². The van der Waals surface area contributed by atoms with Gasteiger partial charge in [0.25, 0.3) is 0 Å². The second kappa shape index (κ2) is 13.5. The standard InChI is InChI=1S/C34H46FN5O2/c1-2-25-22-36-34(37-23-25)40-17-11-26(12-18-40)24-42-32-10-9-29(21-31(32)35)27-5-7-28(8-6-27)33(41)39-19-13-30(14-20-39)38-15-3-4-16-38/h5,9-10,21-23,26,28,30H,2-4,6-8,11-20,24H2,1H3. The van der Waals surface area contributed by atoms with Gasteiger partial charge in [0, 0.05) is 50.5 Å². The fraction of sp³-hybridized carbons (Fsp3) is 0.618. The molecular formula is C34H46FN5O2. The summed E-state index contributed by atoms with van der Waals surface area (Å²) in [5, 5.41) is 0. The molecule has 3 fully saturated rings. The van der Waals surface area contributed by atoms with Crippen molar-refractivity contribution in [2.24, 2.45) is 11.8 Å². The number of aromatic nitrogens is 2. The first kappa shape index (κ1) is 29.1. The van der Waals surface area contributed by atoms with E-state index >= 15 is 4.39 Å². The van der Waals surface area contributed by atoms with E-state index in [-0.39, 0.29) is 11.7 Å². The van der Waals surface area contributed by atoms with E-state index in [1.807, 2.05) is 18.5 Å². The number of allylic oxidation sites excluding steroid dienone is 2. The average molecular weight is 576 g/mol.